The Hall–Kier alpha value is -2.65. The van der Waals surface area contributed by atoms with Gasteiger partial charge in [-0.3, -0.25) is 0 Å². The summed E-state index contributed by atoms with van der Waals surface area (Å²) in [5.74, 6) is -0.651. The maximum Gasteiger partial charge on any atom is 0.387 e. The van der Waals surface area contributed by atoms with Gasteiger partial charge >= 0.3 is 13.2 Å². The summed E-state index contributed by atoms with van der Waals surface area (Å²) in [4.78, 5) is 0. The molecular formula is C11H8F4N4O2. The van der Waals surface area contributed by atoms with Crippen molar-refractivity contribution in [3.05, 3.63) is 36.4 Å². The van der Waals surface area contributed by atoms with E-state index < -0.39 is 13.2 Å². The zero-order valence-electron chi connectivity index (χ0n) is 10.2. The van der Waals surface area contributed by atoms with Crippen LogP contribution >= 0.6 is 0 Å². The lowest BCUT2D eigenvalue weighted by Gasteiger charge is -2.10. The first-order chi connectivity index (χ1) is 10.0. The summed E-state index contributed by atoms with van der Waals surface area (Å²) in [6.45, 7) is -6.19. The Morgan fingerprint density at radius 3 is 2.33 bits per heavy atom. The molecule has 0 N–H and O–H groups in total. The average Bonchev–Trinajstić information content (AvgIpc) is 2.89. The highest BCUT2D eigenvalue weighted by Crippen LogP contribution is 2.26. The molecule has 0 aliphatic carbocycles. The van der Waals surface area contributed by atoms with E-state index in [-0.39, 0.29) is 17.1 Å². The van der Waals surface area contributed by atoms with E-state index in [1.54, 1.807) is 0 Å². The summed E-state index contributed by atoms with van der Waals surface area (Å²) in [5.41, 5.74) is 0.144. The maximum atomic E-state index is 12.3. The third-order valence-electron chi connectivity index (χ3n) is 2.16. The van der Waals surface area contributed by atoms with Gasteiger partial charge < -0.3 is 9.47 Å². The Balaban J connectivity index is 2.26. The van der Waals surface area contributed by atoms with E-state index in [2.05, 4.69) is 24.8 Å². The van der Waals surface area contributed by atoms with Crippen molar-refractivity contribution in [1.29, 1.82) is 0 Å². The topological polar surface area (TPSA) is 61.5 Å². The minimum atomic E-state index is -3.12. The molecule has 1 aromatic heterocycles. The van der Waals surface area contributed by atoms with Crippen LogP contribution in [0.1, 0.15) is 5.56 Å². The van der Waals surface area contributed by atoms with Crippen LogP contribution < -0.4 is 9.47 Å². The fourth-order valence-corrected chi connectivity index (χ4v) is 1.38. The summed E-state index contributed by atoms with van der Waals surface area (Å²) in [7, 11) is 0. The highest BCUT2D eigenvalue weighted by atomic mass is 19.3. The van der Waals surface area contributed by atoms with Crippen molar-refractivity contribution in [3.8, 4) is 11.5 Å². The second-order valence-electron chi connectivity index (χ2n) is 3.54. The largest absolute Gasteiger partial charge is 0.435 e. The van der Waals surface area contributed by atoms with Crippen LogP contribution in [0.25, 0.3) is 0 Å². The molecule has 10 heteroatoms. The SMILES string of the molecule is FC(F)Oc1ccc(/C=N\n2cnnc2)c(OC(F)F)c1. The molecule has 21 heavy (non-hydrogen) atoms. The number of ether oxygens (including phenoxy) is 2. The van der Waals surface area contributed by atoms with Gasteiger partial charge in [-0.1, -0.05) is 0 Å². The van der Waals surface area contributed by atoms with E-state index in [0.717, 1.165) is 6.07 Å². The summed E-state index contributed by atoms with van der Waals surface area (Å²) in [6.07, 6.45) is 3.74. The minimum Gasteiger partial charge on any atom is -0.435 e. The van der Waals surface area contributed by atoms with Crippen LogP contribution in [0.5, 0.6) is 11.5 Å². The number of hydrogen-bond donors (Lipinski definition) is 0. The first-order valence-corrected chi connectivity index (χ1v) is 5.47. The first-order valence-electron chi connectivity index (χ1n) is 5.47. The molecule has 0 saturated carbocycles. The number of aromatic nitrogens is 3. The number of halogens is 4. The second-order valence-corrected chi connectivity index (χ2v) is 3.54. The Kier molecular flexibility index (Phi) is 4.69. The molecule has 0 aliphatic rings. The first kappa shape index (κ1) is 14.8. The van der Waals surface area contributed by atoms with E-state index >= 15 is 0 Å². The van der Waals surface area contributed by atoms with Gasteiger partial charge in [0, 0.05) is 11.6 Å². The van der Waals surface area contributed by atoms with Crippen molar-refractivity contribution in [2.75, 3.05) is 0 Å². The molecule has 0 unspecified atom stereocenters. The van der Waals surface area contributed by atoms with Gasteiger partial charge in [0.15, 0.2) is 0 Å². The van der Waals surface area contributed by atoms with Gasteiger partial charge in [-0.2, -0.15) is 22.7 Å². The van der Waals surface area contributed by atoms with Gasteiger partial charge in [0.05, 0.1) is 6.21 Å². The lowest BCUT2D eigenvalue weighted by atomic mass is 10.2. The molecule has 1 aromatic carbocycles. The zero-order valence-corrected chi connectivity index (χ0v) is 10.2. The van der Waals surface area contributed by atoms with Crippen LogP contribution in [0.15, 0.2) is 36.0 Å². The van der Waals surface area contributed by atoms with Crippen LogP contribution in [-0.2, 0) is 0 Å². The molecule has 0 bridgehead atoms. The van der Waals surface area contributed by atoms with Gasteiger partial charge in [-0.15, -0.1) is 10.2 Å². The number of hydrogen-bond acceptors (Lipinski definition) is 5. The number of benzene rings is 1. The van der Waals surface area contributed by atoms with E-state index in [1.165, 1.54) is 35.7 Å². The standard InChI is InChI=1S/C11H8F4N4O2/c12-10(13)20-8-2-1-7(9(3-8)21-11(14)15)4-18-19-5-16-17-6-19/h1-6,10-11H/b18-4-. The minimum absolute atomic E-state index is 0.144. The van der Waals surface area contributed by atoms with E-state index in [1.807, 2.05) is 0 Å². The second kappa shape index (κ2) is 6.68. The van der Waals surface area contributed by atoms with Crippen LogP contribution in [0.4, 0.5) is 17.6 Å². The van der Waals surface area contributed by atoms with Crippen LogP contribution in [0, 0.1) is 0 Å². The van der Waals surface area contributed by atoms with Gasteiger partial charge in [-0.25, -0.2) is 4.68 Å². The predicted molar refractivity (Wildman–Crippen MR) is 62.7 cm³/mol. The van der Waals surface area contributed by atoms with Crippen molar-refractivity contribution < 1.29 is 27.0 Å². The van der Waals surface area contributed by atoms with Crippen molar-refractivity contribution >= 4 is 6.21 Å². The molecule has 0 amide bonds. The summed E-state index contributed by atoms with van der Waals surface area (Å²) in [6, 6.07) is 3.35. The summed E-state index contributed by atoms with van der Waals surface area (Å²) >= 11 is 0. The van der Waals surface area contributed by atoms with Gasteiger partial charge in [0.1, 0.15) is 24.2 Å². The molecule has 2 rings (SSSR count). The Morgan fingerprint density at radius 1 is 1.05 bits per heavy atom. The van der Waals surface area contributed by atoms with E-state index in [4.69, 9.17) is 0 Å². The molecule has 0 aliphatic heterocycles. The fraction of sp³-hybridized carbons (Fsp3) is 0.182. The monoisotopic (exact) mass is 304 g/mol. The van der Waals surface area contributed by atoms with E-state index in [0.29, 0.717) is 0 Å². The van der Waals surface area contributed by atoms with E-state index in [9.17, 15) is 17.6 Å². The lowest BCUT2D eigenvalue weighted by Crippen LogP contribution is -2.06. The summed E-state index contributed by atoms with van der Waals surface area (Å²) < 4.78 is 58.4. The maximum absolute atomic E-state index is 12.3. The molecule has 0 fully saturated rings. The molecule has 0 atom stereocenters. The van der Waals surface area contributed by atoms with Crippen molar-refractivity contribution in [2.24, 2.45) is 5.10 Å². The van der Waals surface area contributed by atoms with Crippen molar-refractivity contribution in [3.63, 3.8) is 0 Å². The zero-order chi connectivity index (χ0) is 15.2. The average molecular weight is 304 g/mol. The van der Waals surface area contributed by atoms with Gasteiger partial charge in [0.2, 0.25) is 0 Å². The summed E-state index contributed by atoms with van der Waals surface area (Å²) in [5, 5.41) is 10.8. The normalized spacial score (nSPS) is 11.5. The highest BCUT2D eigenvalue weighted by Gasteiger charge is 2.12. The predicted octanol–water partition coefficient (Wildman–Crippen LogP) is 2.36. The van der Waals surface area contributed by atoms with Crippen LogP contribution in [-0.4, -0.2) is 34.3 Å². The van der Waals surface area contributed by atoms with Crippen LogP contribution in [0.2, 0.25) is 0 Å². The number of alkyl halides is 4. The third-order valence-corrected chi connectivity index (χ3v) is 2.16. The molecule has 1 heterocycles. The highest BCUT2D eigenvalue weighted by molar-refractivity contribution is 5.83. The molecular weight excluding hydrogens is 296 g/mol. The smallest absolute Gasteiger partial charge is 0.387 e. The molecule has 0 saturated heterocycles. The molecule has 0 radical (unpaired) electrons. The third kappa shape index (κ3) is 4.44. The Bertz CT molecular complexity index is 604. The quantitative estimate of drug-likeness (QED) is 0.607. The molecule has 6 nitrogen and oxygen atoms in total. The molecule has 0 spiro atoms. The molecule has 112 valence electrons. The molecule has 2 aromatic rings. The van der Waals surface area contributed by atoms with Gasteiger partial charge in [-0.05, 0) is 12.1 Å². The Morgan fingerprint density at radius 2 is 1.71 bits per heavy atom. The van der Waals surface area contributed by atoms with Crippen LogP contribution in [0.3, 0.4) is 0 Å². The fourth-order valence-electron chi connectivity index (χ4n) is 1.38. The van der Waals surface area contributed by atoms with Crippen molar-refractivity contribution in [2.45, 2.75) is 13.2 Å². The Labute approximate surface area is 115 Å². The van der Waals surface area contributed by atoms with Gasteiger partial charge in [0.25, 0.3) is 0 Å². The lowest BCUT2D eigenvalue weighted by molar-refractivity contribution is -0.0543. The van der Waals surface area contributed by atoms with Crippen molar-refractivity contribution in [1.82, 2.24) is 14.9 Å². The number of nitrogens with zero attached hydrogens (tertiary/aromatic N) is 4. The number of rotatable bonds is 6.